The van der Waals surface area contributed by atoms with Crippen molar-refractivity contribution in [2.24, 2.45) is 11.8 Å². The van der Waals surface area contributed by atoms with Crippen LogP contribution in [0.3, 0.4) is 0 Å². The van der Waals surface area contributed by atoms with Crippen molar-refractivity contribution < 1.29 is 19.8 Å². The topological polar surface area (TPSA) is 89.9 Å². The Morgan fingerprint density at radius 3 is 2.10 bits per heavy atom. The molecule has 0 aromatic carbocycles. The molecule has 0 saturated carbocycles. The minimum absolute atomic E-state index is 0.132. The Labute approximate surface area is 121 Å². The molecule has 0 fully saturated rings. The summed E-state index contributed by atoms with van der Waals surface area (Å²) >= 11 is 0. The molecule has 0 aliphatic carbocycles. The zero-order chi connectivity index (χ0) is 15.7. The van der Waals surface area contributed by atoms with Crippen molar-refractivity contribution in [2.45, 2.75) is 46.6 Å². The van der Waals surface area contributed by atoms with Gasteiger partial charge < -0.3 is 20.4 Å². The summed E-state index contributed by atoms with van der Waals surface area (Å²) in [4.78, 5) is 24.7. The van der Waals surface area contributed by atoms with Crippen LogP contribution in [0, 0.1) is 11.8 Å². The largest absolute Gasteiger partial charge is 0.480 e. The van der Waals surface area contributed by atoms with Gasteiger partial charge in [-0.05, 0) is 24.7 Å². The van der Waals surface area contributed by atoms with Crippen molar-refractivity contribution in [1.29, 1.82) is 0 Å². The first-order chi connectivity index (χ1) is 9.27. The maximum atomic E-state index is 12.1. The Morgan fingerprint density at radius 1 is 1.10 bits per heavy atom. The van der Waals surface area contributed by atoms with Crippen LogP contribution in [-0.4, -0.2) is 52.9 Å². The summed E-state index contributed by atoms with van der Waals surface area (Å²) in [6.07, 6.45) is 1.20. The normalized spacial score (nSPS) is 12.6. The van der Waals surface area contributed by atoms with E-state index < -0.39 is 18.0 Å². The van der Waals surface area contributed by atoms with Gasteiger partial charge in [0.15, 0.2) is 0 Å². The summed E-state index contributed by atoms with van der Waals surface area (Å²) < 4.78 is 0. The van der Waals surface area contributed by atoms with Crippen LogP contribution in [0.5, 0.6) is 0 Å². The molecule has 1 unspecified atom stereocenters. The highest BCUT2D eigenvalue weighted by atomic mass is 16.4. The van der Waals surface area contributed by atoms with E-state index in [0.717, 1.165) is 6.42 Å². The Bertz CT molecular complexity index is 306. The summed E-state index contributed by atoms with van der Waals surface area (Å²) in [5, 5.41) is 20.7. The number of aliphatic hydroxyl groups excluding tert-OH is 1. The third-order valence-corrected chi connectivity index (χ3v) is 2.94. The molecule has 0 aromatic rings. The summed E-state index contributed by atoms with van der Waals surface area (Å²) in [7, 11) is 0. The molecule has 0 radical (unpaired) electrons. The molecule has 0 heterocycles. The van der Waals surface area contributed by atoms with Gasteiger partial charge in [-0.2, -0.15) is 0 Å². The van der Waals surface area contributed by atoms with Gasteiger partial charge in [-0.1, -0.05) is 27.7 Å². The number of urea groups is 1. The third-order valence-electron chi connectivity index (χ3n) is 2.94. The van der Waals surface area contributed by atoms with Gasteiger partial charge >= 0.3 is 12.0 Å². The Balaban J connectivity index is 4.57. The number of nitrogens with one attached hydrogen (secondary N) is 1. The average molecular weight is 288 g/mol. The van der Waals surface area contributed by atoms with Crippen molar-refractivity contribution in [2.75, 3.05) is 19.7 Å². The monoisotopic (exact) mass is 288 g/mol. The number of hydrogen-bond acceptors (Lipinski definition) is 3. The molecule has 1 atom stereocenters. The van der Waals surface area contributed by atoms with Crippen LogP contribution < -0.4 is 5.32 Å². The van der Waals surface area contributed by atoms with Gasteiger partial charge in [-0.3, -0.25) is 0 Å². The van der Waals surface area contributed by atoms with Gasteiger partial charge in [-0.25, -0.2) is 9.59 Å². The zero-order valence-electron chi connectivity index (χ0n) is 12.9. The van der Waals surface area contributed by atoms with E-state index >= 15 is 0 Å². The maximum Gasteiger partial charge on any atom is 0.326 e. The molecule has 6 heteroatoms. The van der Waals surface area contributed by atoms with Crippen LogP contribution in [0.4, 0.5) is 4.79 Å². The van der Waals surface area contributed by atoms with Crippen LogP contribution in [0.25, 0.3) is 0 Å². The van der Waals surface area contributed by atoms with Crippen LogP contribution in [0.15, 0.2) is 0 Å². The first-order valence-corrected chi connectivity index (χ1v) is 7.17. The number of carbonyl (C=O) groups is 2. The van der Waals surface area contributed by atoms with Crippen LogP contribution in [0.2, 0.25) is 0 Å². The van der Waals surface area contributed by atoms with E-state index in [9.17, 15) is 9.59 Å². The first kappa shape index (κ1) is 18.7. The van der Waals surface area contributed by atoms with Gasteiger partial charge in [0.05, 0.1) is 6.61 Å². The van der Waals surface area contributed by atoms with Gasteiger partial charge in [0, 0.05) is 13.1 Å². The first-order valence-electron chi connectivity index (χ1n) is 7.17. The molecule has 0 spiro atoms. The fourth-order valence-electron chi connectivity index (χ4n) is 1.78. The number of rotatable bonds is 9. The lowest BCUT2D eigenvalue weighted by Gasteiger charge is -2.25. The summed E-state index contributed by atoms with van der Waals surface area (Å²) in [5.74, 6) is -0.409. The second-order valence-corrected chi connectivity index (χ2v) is 5.86. The van der Waals surface area contributed by atoms with Crippen molar-refractivity contribution in [3.05, 3.63) is 0 Å². The van der Waals surface area contributed by atoms with Crippen molar-refractivity contribution in [1.82, 2.24) is 10.2 Å². The predicted molar refractivity (Wildman–Crippen MR) is 77.5 cm³/mol. The van der Waals surface area contributed by atoms with Gasteiger partial charge in [0.1, 0.15) is 6.04 Å². The van der Waals surface area contributed by atoms with Gasteiger partial charge in [-0.15, -0.1) is 0 Å². The van der Waals surface area contributed by atoms with E-state index in [1.807, 2.05) is 27.7 Å². The number of carbonyl (C=O) groups excluding carboxylic acids is 1. The molecule has 2 amide bonds. The number of nitrogens with zero attached hydrogens (tertiary/aromatic N) is 1. The number of aliphatic hydroxyl groups is 1. The smallest absolute Gasteiger partial charge is 0.326 e. The van der Waals surface area contributed by atoms with E-state index in [-0.39, 0.29) is 19.1 Å². The highest BCUT2D eigenvalue weighted by Crippen LogP contribution is 2.07. The lowest BCUT2D eigenvalue weighted by Crippen LogP contribution is -2.49. The van der Waals surface area contributed by atoms with Crippen LogP contribution in [0.1, 0.15) is 40.5 Å². The lowest BCUT2D eigenvalue weighted by atomic mass is 10.0. The van der Waals surface area contributed by atoms with Crippen molar-refractivity contribution >= 4 is 12.0 Å². The Kier molecular flexibility index (Phi) is 8.96. The number of carboxylic acids is 1. The quantitative estimate of drug-likeness (QED) is 0.600. The highest BCUT2D eigenvalue weighted by Gasteiger charge is 2.23. The highest BCUT2D eigenvalue weighted by molar-refractivity contribution is 5.82. The van der Waals surface area contributed by atoms with E-state index in [1.54, 1.807) is 0 Å². The van der Waals surface area contributed by atoms with E-state index in [2.05, 4.69) is 5.32 Å². The average Bonchev–Trinajstić information content (AvgIpc) is 2.32. The van der Waals surface area contributed by atoms with Crippen molar-refractivity contribution in [3.63, 3.8) is 0 Å². The minimum atomic E-state index is -1.03. The maximum absolute atomic E-state index is 12.1. The molecular formula is C14H28N2O4. The Hall–Kier alpha value is -1.30. The van der Waals surface area contributed by atoms with Gasteiger partial charge in [0.2, 0.25) is 0 Å². The van der Waals surface area contributed by atoms with E-state index in [4.69, 9.17) is 10.2 Å². The Morgan fingerprint density at radius 2 is 1.70 bits per heavy atom. The second kappa shape index (κ2) is 9.58. The molecule has 0 rings (SSSR count). The summed E-state index contributed by atoms with van der Waals surface area (Å²) in [6.45, 7) is 8.51. The van der Waals surface area contributed by atoms with Gasteiger partial charge in [0.25, 0.3) is 0 Å². The number of amides is 2. The molecule has 3 N–H and O–H groups in total. The lowest BCUT2D eigenvalue weighted by molar-refractivity contribution is -0.139. The third kappa shape index (κ3) is 7.99. The summed E-state index contributed by atoms with van der Waals surface area (Å²) in [5.41, 5.74) is 0. The van der Waals surface area contributed by atoms with E-state index in [1.165, 1.54) is 4.90 Å². The van der Waals surface area contributed by atoms with Crippen molar-refractivity contribution in [3.8, 4) is 0 Å². The molecule has 6 nitrogen and oxygen atoms in total. The standard InChI is InChI=1S/C14H28N2O4/c1-10(2)5-6-16(7-8-17)14(20)15-12(13(18)19)9-11(3)4/h10-12,17H,5-9H2,1-4H3,(H,15,20)(H,18,19). The molecule has 0 aliphatic heterocycles. The molecule has 118 valence electrons. The molecule has 0 aliphatic rings. The predicted octanol–water partition coefficient (Wildman–Crippen LogP) is 1.54. The number of aliphatic carboxylic acids is 1. The van der Waals surface area contributed by atoms with Crippen LogP contribution in [-0.2, 0) is 4.79 Å². The molecule has 0 bridgehead atoms. The molecule has 0 saturated heterocycles. The molecule has 0 aromatic heterocycles. The zero-order valence-corrected chi connectivity index (χ0v) is 12.9. The van der Waals surface area contributed by atoms with Crippen LogP contribution >= 0.6 is 0 Å². The summed E-state index contributed by atoms with van der Waals surface area (Å²) in [6, 6.07) is -1.31. The SMILES string of the molecule is CC(C)CCN(CCO)C(=O)NC(CC(C)C)C(=O)O. The minimum Gasteiger partial charge on any atom is -0.480 e. The number of hydrogen-bond donors (Lipinski definition) is 3. The van der Waals surface area contributed by atoms with E-state index in [0.29, 0.717) is 18.9 Å². The number of carboxylic acid groups (broad SMARTS) is 1. The molecule has 20 heavy (non-hydrogen) atoms. The fourth-order valence-corrected chi connectivity index (χ4v) is 1.78. The molecular weight excluding hydrogens is 260 g/mol. The second-order valence-electron chi connectivity index (χ2n) is 5.86. The fraction of sp³-hybridized carbons (Fsp3) is 0.857.